The number of ether oxygens (including phenoxy) is 1. The molecule has 1 N–H and O–H groups in total. The van der Waals surface area contributed by atoms with Gasteiger partial charge in [-0.15, -0.1) is 0 Å². The van der Waals surface area contributed by atoms with E-state index in [9.17, 15) is 13.2 Å². The second kappa shape index (κ2) is 5.67. The van der Waals surface area contributed by atoms with E-state index < -0.39 is 11.7 Å². The molecule has 0 radical (unpaired) electrons. The van der Waals surface area contributed by atoms with Gasteiger partial charge in [-0.05, 0) is 42.3 Å². The van der Waals surface area contributed by atoms with Crippen molar-refractivity contribution < 1.29 is 17.9 Å². The Morgan fingerprint density at radius 3 is 2.54 bits per heavy atom. The lowest BCUT2D eigenvalue weighted by molar-refractivity contribution is -0.137. The van der Waals surface area contributed by atoms with Gasteiger partial charge in [0.2, 0.25) is 0 Å². The highest BCUT2D eigenvalue weighted by Gasteiger charge is 2.41. The summed E-state index contributed by atoms with van der Waals surface area (Å²) in [5.74, 6) is 0.174. The van der Waals surface area contributed by atoms with Crippen LogP contribution in [0.5, 0.6) is 0 Å². The molecule has 2 aromatic carbocycles. The van der Waals surface area contributed by atoms with Gasteiger partial charge in [-0.3, -0.25) is 0 Å². The van der Waals surface area contributed by atoms with Crippen LogP contribution < -0.4 is 5.32 Å². The van der Waals surface area contributed by atoms with Gasteiger partial charge in [0.05, 0.1) is 17.7 Å². The summed E-state index contributed by atoms with van der Waals surface area (Å²) in [6.45, 7) is 0.639. The average Bonchev–Trinajstić information content (AvgIpc) is 3.03. The van der Waals surface area contributed by atoms with Crippen LogP contribution in [0.15, 0.2) is 42.5 Å². The van der Waals surface area contributed by atoms with Gasteiger partial charge in [-0.2, -0.15) is 13.2 Å². The predicted octanol–water partition coefficient (Wildman–Crippen LogP) is 5.60. The Balaban J connectivity index is 1.70. The number of anilines is 1. The van der Waals surface area contributed by atoms with E-state index >= 15 is 0 Å². The van der Waals surface area contributed by atoms with Crippen LogP contribution in [0.3, 0.4) is 0 Å². The summed E-state index contributed by atoms with van der Waals surface area (Å²) >= 11 is 6.09. The van der Waals surface area contributed by atoms with E-state index in [1.54, 1.807) is 18.2 Å². The topological polar surface area (TPSA) is 21.3 Å². The Kier molecular flexibility index (Phi) is 3.73. The average molecular weight is 354 g/mol. The largest absolute Gasteiger partial charge is 0.416 e. The highest BCUT2D eigenvalue weighted by atomic mass is 35.5. The molecule has 2 aromatic rings. The summed E-state index contributed by atoms with van der Waals surface area (Å²) in [5, 5.41) is 4.10. The van der Waals surface area contributed by atoms with E-state index in [1.165, 1.54) is 0 Å². The molecule has 0 aliphatic carbocycles. The normalized spacial score (nSPS) is 25.8. The molecule has 0 bridgehead atoms. The number of benzene rings is 2. The molecule has 3 unspecified atom stereocenters. The molecular weight excluding hydrogens is 339 g/mol. The minimum atomic E-state index is -4.32. The third kappa shape index (κ3) is 2.66. The van der Waals surface area contributed by atoms with E-state index in [1.807, 2.05) is 12.1 Å². The van der Waals surface area contributed by atoms with Crippen molar-refractivity contribution in [2.24, 2.45) is 5.92 Å². The lowest BCUT2D eigenvalue weighted by Crippen LogP contribution is -2.29. The first-order valence-corrected chi connectivity index (χ1v) is 8.16. The van der Waals surface area contributed by atoms with Crippen LogP contribution in [0.4, 0.5) is 18.9 Å². The molecule has 3 atom stereocenters. The summed E-state index contributed by atoms with van der Waals surface area (Å²) in [6.07, 6.45) is -3.54. The zero-order chi connectivity index (χ0) is 16.9. The molecule has 4 rings (SSSR count). The fourth-order valence-electron chi connectivity index (χ4n) is 3.65. The minimum Gasteiger partial charge on any atom is -0.378 e. The van der Waals surface area contributed by atoms with E-state index in [0.29, 0.717) is 11.6 Å². The van der Waals surface area contributed by atoms with E-state index in [-0.39, 0.29) is 18.1 Å². The van der Waals surface area contributed by atoms with Crippen molar-refractivity contribution in [1.82, 2.24) is 0 Å². The third-order valence-electron chi connectivity index (χ3n) is 4.79. The molecular formula is C18H15ClF3NO. The van der Waals surface area contributed by atoms with Gasteiger partial charge in [-0.1, -0.05) is 23.7 Å². The van der Waals surface area contributed by atoms with Gasteiger partial charge in [-0.25, -0.2) is 0 Å². The molecule has 2 nitrogen and oxygen atoms in total. The molecule has 2 heterocycles. The van der Waals surface area contributed by atoms with Crippen molar-refractivity contribution in [3.05, 3.63) is 64.2 Å². The van der Waals surface area contributed by atoms with Crippen molar-refractivity contribution in [3.63, 3.8) is 0 Å². The van der Waals surface area contributed by atoms with Crippen molar-refractivity contribution in [1.29, 1.82) is 0 Å². The number of fused-ring (bicyclic) bond motifs is 3. The van der Waals surface area contributed by atoms with Gasteiger partial charge in [0.15, 0.2) is 0 Å². The Hall–Kier alpha value is -1.72. The fraction of sp³-hybridized carbons (Fsp3) is 0.333. The molecule has 1 saturated heterocycles. The van der Waals surface area contributed by atoms with Crippen LogP contribution >= 0.6 is 11.6 Å². The number of halogens is 4. The number of rotatable bonds is 1. The highest BCUT2D eigenvalue weighted by Crippen LogP contribution is 2.50. The fourth-order valence-corrected chi connectivity index (χ4v) is 3.83. The quantitative estimate of drug-likeness (QED) is 0.720. The maximum absolute atomic E-state index is 12.8. The Morgan fingerprint density at radius 2 is 1.83 bits per heavy atom. The van der Waals surface area contributed by atoms with Gasteiger partial charge in [0.1, 0.15) is 0 Å². The standard InChI is InChI=1S/C18H15ClF3NO/c19-12-5-6-15-14(9-12)17-13(7-8-24-17)16(23-15)10-1-3-11(4-2-10)18(20,21)22/h1-6,9,13,16-17,23H,7-8H2. The molecule has 6 heteroatoms. The molecule has 126 valence electrons. The molecule has 2 aliphatic heterocycles. The first-order chi connectivity index (χ1) is 11.4. The first kappa shape index (κ1) is 15.8. The third-order valence-corrected chi connectivity index (χ3v) is 5.03. The minimum absolute atomic E-state index is 0.0755. The lowest BCUT2D eigenvalue weighted by atomic mass is 9.81. The Labute approximate surface area is 142 Å². The molecule has 0 aromatic heterocycles. The molecule has 2 aliphatic rings. The zero-order valence-electron chi connectivity index (χ0n) is 12.6. The molecule has 0 spiro atoms. The first-order valence-electron chi connectivity index (χ1n) is 7.78. The van der Waals surface area contributed by atoms with Crippen LogP contribution in [0.2, 0.25) is 5.02 Å². The van der Waals surface area contributed by atoms with Crippen molar-refractivity contribution in [2.45, 2.75) is 24.7 Å². The van der Waals surface area contributed by atoms with E-state index in [2.05, 4.69) is 5.32 Å². The van der Waals surface area contributed by atoms with Crippen LogP contribution in [0.1, 0.15) is 35.3 Å². The van der Waals surface area contributed by atoms with E-state index in [0.717, 1.165) is 35.4 Å². The summed E-state index contributed by atoms with van der Waals surface area (Å²) in [7, 11) is 0. The van der Waals surface area contributed by atoms with Crippen molar-refractivity contribution >= 4 is 17.3 Å². The number of nitrogens with one attached hydrogen (secondary N) is 1. The van der Waals surface area contributed by atoms with Gasteiger partial charge in [0, 0.05) is 28.8 Å². The van der Waals surface area contributed by atoms with Crippen molar-refractivity contribution in [2.75, 3.05) is 11.9 Å². The van der Waals surface area contributed by atoms with Gasteiger partial charge >= 0.3 is 6.18 Å². The number of hydrogen-bond acceptors (Lipinski definition) is 2. The second-order valence-electron chi connectivity index (χ2n) is 6.22. The summed E-state index contributed by atoms with van der Waals surface area (Å²) in [6, 6.07) is 10.9. The SMILES string of the molecule is FC(F)(F)c1ccc(C2Nc3ccc(Cl)cc3C3OCCC23)cc1. The smallest absolute Gasteiger partial charge is 0.378 e. The Bertz CT molecular complexity index is 760. The van der Waals surface area contributed by atoms with Crippen LogP contribution in [-0.4, -0.2) is 6.61 Å². The molecule has 24 heavy (non-hydrogen) atoms. The predicted molar refractivity (Wildman–Crippen MR) is 86.1 cm³/mol. The number of alkyl halides is 3. The monoisotopic (exact) mass is 353 g/mol. The second-order valence-corrected chi connectivity index (χ2v) is 6.65. The maximum Gasteiger partial charge on any atom is 0.416 e. The molecule has 0 amide bonds. The maximum atomic E-state index is 12.8. The summed E-state index contributed by atoms with van der Waals surface area (Å²) < 4.78 is 44.2. The van der Waals surface area contributed by atoms with Crippen LogP contribution in [0.25, 0.3) is 0 Å². The lowest BCUT2D eigenvalue weighted by Gasteiger charge is -2.36. The van der Waals surface area contributed by atoms with Gasteiger partial charge < -0.3 is 10.1 Å². The summed E-state index contributed by atoms with van der Waals surface area (Å²) in [4.78, 5) is 0. The van der Waals surface area contributed by atoms with Crippen LogP contribution in [-0.2, 0) is 10.9 Å². The van der Waals surface area contributed by atoms with Crippen LogP contribution in [0, 0.1) is 5.92 Å². The van der Waals surface area contributed by atoms with Gasteiger partial charge in [0.25, 0.3) is 0 Å². The Morgan fingerprint density at radius 1 is 1.08 bits per heavy atom. The number of hydrogen-bond donors (Lipinski definition) is 1. The zero-order valence-corrected chi connectivity index (χ0v) is 13.4. The highest BCUT2D eigenvalue weighted by molar-refractivity contribution is 6.30. The molecule has 1 fully saturated rings. The van der Waals surface area contributed by atoms with E-state index in [4.69, 9.17) is 16.3 Å². The van der Waals surface area contributed by atoms with Crippen molar-refractivity contribution in [3.8, 4) is 0 Å². The summed E-state index contributed by atoms with van der Waals surface area (Å²) in [5.41, 5.74) is 2.15. The molecule has 0 saturated carbocycles.